The molecule has 36 heavy (non-hydrogen) atoms. The molecule has 6 rings (SSSR count). The summed E-state index contributed by atoms with van der Waals surface area (Å²) < 4.78 is 9.59. The van der Waals surface area contributed by atoms with Crippen molar-refractivity contribution in [1.82, 2.24) is 4.57 Å². The minimum atomic E-state index is -0.178. The van der Waals surface area contributed by atoms with Gasteiger partial charge in [0, 0.05) is 35.3 Å². The number of thiazole rings is 1. The highest BCUT2D eigenvalue weighted by molar-refractivity contribution is 9.10. The van der Waals surface area contributed by atoms with E-state index < -0.39 is 0 Å². The van der Waals surface area contributed by atoms with Crippen molar-refractivity contribution in [2.45, 2.75) is 32.7 Å². The summed E-state index contributed by atoms with van der Waals surface area (Å²) >= 11 is 4.98. The second-order valence-corrected chi connectivity index (χ2v) is 10.9. The average molecular weight is 561 g/mol. The Hall–Kier alpha value is -3.16. The minimum absolute atomic E-state index is 0.0298. The van der Waals surface area contributed by atoms with E-state index >= 15 is 0 Å². The lowest BCUT2D eigenvalue weighted by molar-refractivity contribution is 0.541. The Morgan fingerprint density at radius 3 is 2.64 bits per heavy atom. The van der Waals surface area contributed by atoms with Gasteiger partial charge >= 0.3 is 0 Å². The van der Waals surface area contributed by atoms with E-state index in [0.29, 0.717) is 10.3 Å². The van der Waals surface area contributed by atoms with Crippen LogP contribution in [-0.2, 0) is 6.42 Å². The highest BCUT2D eigenvalue weighted by Gasteiger charge is 2.32. The summed E-state index contributed by atoms with van der Waals surface area (Å²) in [5.41, 5.74) is 5.77. The molecule has 2 aromatic heterocycles. The van der Waals surface area contributed by atoms with Gasteiger partial charge in [-0.3, -0.25) is 9.36 Å². The van der Waals surface area contributed by atoms with E-state index in [4.69, 9.17) is 9.41 Å². The van der Waals surface area contributed by atoms with E-state index in [1.54, 1.807) is 0 Å². The fraction of sp³-hybridized carbons (Fsp3) is 0.241. The van der Waals surface area contributed by atoms with Gasteiger partial charge in [-0.05, 0) is 61.6 Å². The van der Waals surface area contributed by atoms with Gasteiger partial charge in [-0.2, -0.15) is 0 Å². The van der Waals surface area contributed by atoms with Crippen molar-refractivity contribution in [3.63, 3.8) is 0 Å². The number of aryl methyl sites for hydroxylation is 1. The molecule has 0 saturated carbocycles. The van der Waals surface area contributed by atoms with Crippen molar-refractivity contribution < 1.29 is 4.42 Å². The van der Waals surface area contributed by atoms with Crippen molar-refractivity contribution in [3.05, 3.63) is 113 Å². The molecule has 1 aliphatic heterocycles. The Morgan fingerprint density at radius 2 is 1.86 bits per heavy atom. The summed E-state index contributed by atoms with van der Waals surface area (Å²) in [5.74, 6) is 1.50. The number of furan rings is 1. The highest BCUT2D eigenvalue weighted by atomic mass is 79.9. The highest BCUT2D eigenvalue weighted by Crippen LogP contribution is 2.41. The first kappa shape index (κ1) is 23.3. The van der Waals surface area contributed by atoms with E-state index in [1.165, 1.54) is 28.0 Å². The van der Waals surface area contributed by atoms with E-state index in [0.717, 1.165) is 52.3 Å². The Bertz CT molecular complexity index is 1660. The van der Waals surface area contributed by atoms with E-state index in [2.05, 4.69) is 71.1 Å². The standard InChI is InChI=1S/C29H26BrN3O2S/c1-3-32(4-2)25-16-14-21(35-25)17-24-28(34)33-27(19-9-12-20(30)13-10-19)23-15-11-18-7-5-6-8-22(18)26(23)31-29(33)36-24/h5-10,12-14,16-17,27H,3-4,11,15H2,1-2H3/b24-17-/t27-/m0/s1. The van der Waals surface area contributed by atoms with Crippen LogP contribution in [0.5, 0.6) is 0 Å². The third-order valence-corrected chi connectivity index (χ3v) is 8.53. The first-order valence-electron chi connectivity index (χ1n) is 12.3. The predicted octanol–water partition coefficient (Wildman–Crippen LogP) is 5.52. The van der Waals surface area contributed by atoms with Crippen LogP contribution < -0.4 is 19.8 Å². The van der Waals surface area contributed by atoms with Crippen LogP contribution in [0.1, 0.15) is 48.8 Å². The predicted molar refractivity (Wildman–Crippen MR) is 149 cm³/mol. The summed E-state index contributed by atoms with van der Waals surface area (Å²) in [6.07, 6.45) is 3.68. The molecule has 0 spiro atoms. The number of benzene rings is 2. The molecule has 3 heterocycles. The van der Waals surface area contributed by atoms with E-state index in [-0.39, 0.29) is 11.6 Å². The normalized spacial score (nSPS) is 16.9. The molecular weight excluding hydrogens is 534 g/mol. The maximum absolute atomic E-state index is 13.8. The third-order valence-electron chi connectivity index (χ3n) is 7.02. The second-order valence-electron chi connectivity index (χ2n) is 9.01. The van der Waals surface area contributed by atoms with Gasteiger partial charge in [0.25, 0.3) is 5.56 Å². The summed E-state index contributed by atoms with van der Waals surface area (Å²) in [6, 6.07) is 20.5. The van der Waals surface area contributed by atoms with Crippen LogP contribution in [0.2, 0.25) is 0 Å². The molecule has 0 unspecified atom stereocenters. The van der Waals surface area contributed by atoms with Crippen LogP contribution in [0, 0.1) is 0 Å². The van der Waals surface area contributed by atoms with Gasteiger partial charge in [-0.15, -0.1) is 0 Å². The summed E-state index contributed by atoms with van der Waals surface area (Å²) in [7, 11) is 0. The van der Waals surface area contributed by atoms with Gasteiger partial charge in [0.05, 0.1) is 16.3 Å². The molecule has 0 fully saturated rings. The topological polar surface area (TPSA) is 50.7 Å². The molecule has 0 saturated heterocycles. The minimum Gasteiger partial charge on any atom is -0.441 e. The average Bonchev–Trinajstić information content (AvgIpc) is 3.48. The molecule has 2 aromatic carbocycles. The molecule has 2 aliphatic rings. The van der Waals surface area contributed by atoms with Crippen LogP contribution in [0.4, 0.5) is 5.88 Å². The van der Waals surface area contributed by atoms with Gasteiger partial charge in [-0.25, -0.2) is 4.99 Å². The molecule has 7 heteroatoms. The Balaban J connectivity index is 1.54. The van der Waals surface area contributed by atoms with Crippen LogP contribution in [0.25, 0.3) is 11.8 Å². The fourth-order valence-electron chi connectivity index (χ4n) is 5.22. The maximum atomic E-state index is 13.8. The zero-order valence-corrected chi connectivity index (χ0v) is 22.6. The van der Waals surface area contributed by atoms with Crippen LogP contribution in [-0.4, -0.2) is 17.7 Å². The molecule has 1 aliphatic carbocycles. The molecule has 0 bridgehead atoms. The lowest BCUT2D eigenvalue weighted by Crippen LogP contribution is -2.38. The van der Waals surface area contributed by atoms with Crippen molar-refractivity contribution >= 4 is 44.9 Å². The number of allylic oxidation sites excluding steroid dienone is 1. The van der Waals surface area contributed by atoms with Crippen LogP contribution in [0.3, 0.4) is 0 Å². The number of nitrogens with zero attached hydrogens (tertiary/aromatic N) is 3. The lowest BCUT2D eigenvalue weighted by atomic mass is 9.83. The van der Waals surface area contributed by atoms with Crippen LogP contribution in [0.15, 0.2) is 84.9 Å². The Labute approximate surface area is 221 Å². The van der Waals surface area contributed by atoms with Crippen molar-refractivity contribution in [3.8, 4) is 0 Å². The summed E-state index contributed by atoms with van der Waals surface area (Å²) in [4.78, 5) is 21.8. The number of hydrogen-bond acceptors (Lipinski definition) is 5. The monoisotopic (exact) mass is 559 g/mol. The zero-order valence-electron chi connectivity index (χ0n) is 20.2. The molecule has 0 N–H and O–H groups in total. The van der Waals surface area contributed by atoms with Crippen molar-refractivity contribution in [2.24, 2.45) is 4.99 Å². The van der Waals surface area contributed by atoms with Gasteiger partial charge in [0.1, 0.15) is 5.76 Å². The molecule has 182 valence electrons. The van der Waals surface area contributed by atoms with Gasteiger partial charge in [-0.1, -0.05) is 63.7 Å². The number of rotatable bonds is 5. The SMILES string of the molecule is CCN(CC)c1ccc(/C=c2\sc3n(c2=O)[C@@H](c2ccc(Br)cc2)C2=C(N=3)c3ccccc3CC2)o1. The molecular formula is C29H26BrN3O2S. The summed E-state index contributed by atoms with van der Waals surface area (Å²) in [5, 5.41) is 0. The number of anilines is 1. The van der Waals surface area contributed by atoms with Gasteiger partial charge in [0.2, 0.25) is 0 Å². The molecule has 1 atom stereocenters. The fourth-order valence-corrected chi connectivity index (χ4v) is 6.47. The molecule has 0 amide bonds. The molecule has 4 aromatic rings. The first-order chi connectivity index (χ1) is 17.6. The van der Waals surface area contributed by atoms with E-state index in [9.17, 15) is 4.79 Å². The largest absolute Gasteiger partial charge is 0.441 e. The smallest absolute Gasteiger partial charge is 0.271 e. The number of fused-ring (bicyclic) bond motifs is 3. The van der Waals surface area contributed by atoms with Crippen molar-refractivity contribution in [2.75, 3.05) is 18.0 Å². The Kier molecular flexibility index (Phi) is 6.05. The summed E-state index contributed by atoms with van der Waals surface area (Å²) in [6.45, 7) is 5.94. The lowest BCUT2D eigenvalue weighted by Gasteiger charge is -2.30. The zero-order chi connectivity index (χ0) is 24.8. The quantitative estimate of drug-likeness (QED) is 0.323. The molecule has 5 nitrogen and oxygen atoms in total. The second kappa shape index (κ2) is 9.37. The maximum Gasteiger partial charge on any atom is 0.271 e. The van der Waals surface area contributed by atoms with Crippen LogP contribution >= 0.6 is 27.3 Å². The number of halogens is 1. The van der Waals surface area contributed by atoms with E-state index in [1.807, 2.05) is 34.9 Å². The van der Waals surface area contributed by atoms with Crippen molar-refractivity contribution in [1.29, 1.82) is 0 Å². The number of hydrogen-bond donors (Lipinski definition) is 0. The Morgan fingerprint density at radius 1 is 1.08 bits per heavy atom. The van der Waals surface area contributed by atoms with Gasteiger partial charge in [0.15, 0.2) is 10.7 Å². The number of aromatic nitrogens is 1. The molecule has 0 radical (unpaired) electrons. The van der Waals surface area contributed by atoms with Gasteiger partial charge < -0.3 is 9.32 Å². The first-order valence-corrected chi connectivity index (χ1v) is 13.9. The third kappa shape index (κ3) is 3.91.